The van der Waals surface area contributed by atoms with Crippen LogP contribution in [0.1, 0.15) is 10.5 Å². The van der Waals surface area contributed by atoms with Gasteiger partial charge in [0.15, 0.2) is 0 Å². The van der Waals surface area contributed by atoms with E-state index in [9.17, 15) is 13.2 Å². The van der Waals surface area contributed by atoms with E-state index >= 15 is 0 Å². The number of nitrogens with two attached hydrogens (primary N) is 1. The number of anilines is 1. The molecular weight excluding hydrogens is 294 g/mol. The predicted octanol–water partition coefficient (Wildman–Crippen LogP) is 0.990. The lowest BCUT2D eigenvalue weighted by molar-refractivity contribution is 0.102. The van der Waals surface area contributed by atoms with Crippen LogP contribution in [-0.2, 0) is 10.0 Å². The lowest BCUT2D eigenvalue weighted by atomic mass is 10.2. The molecule has 1 amide bonds. The van der Waals surface area contributed by atoms with E-state index in [1.165, 1.54) is 37.6 Å². The van der Waals surface area contributed by atoms with E-state index in [1.54, 1.807) is 12.1 Å². The minimum atomic E-state index is -3.87. The number of benzene rings is 1. The summed E-state index contributed by atoms with van der Waals surface area (Å²) in [7, 11) is -2.47. The van der Waals surface area contributed by atoms with E-state index in [-0.39, 0.29) is 16.3 Å². The Morgan fingerprint density at radius 1 is 1.29 bits per heavy atom. The van der Waals surface area contributed by atoms with Gasteiger partial charge < -0.3 is 10.1 Å². The number of pyridine rings is 1. The monoisotopic (exact) mass is 307 g/mol. The van der Waals surface area contributed by atoms with E-state index in [1.807, 2.05) is 0 Å². The average molecular weight is 307 g/mol. The van der Waals surface area contributed by atoms with E-state index in [0.29, 0.717) is 5.75 Å². The Kier molecular flexibility index (Phi) is 4.20. The minimum Gasteiger partial charge on any atom is -0.495 e. The Hall–Kier alpha value is -2.45. The summed E-state index contributed by atoms with van der Waals surface area (Å²) < 4.78 is 27.8. The standard InChI is InChI=1S/C13H13N3O4S/c1-20-12-6-5-9(21(14,18)19)8-11(12)16-13(17)10-4-2-3-7-15-10/h2-8H,1H3,(H,16,17)(H2,14,18,19). The van der Waals surface area contributed by atoms with Crippen molar-refractivity contribution in [3.05, 3.63) is 48.3 Å². The normalized spacial score (nSPS) is 11.0. The largest absolute Gasteiger partial charge is 0.495 e. The summed E-state index contributed by atoms with van der Waals surface area (Å²) in [4.78, 5) is 15.8. The van der Waals surface area contributed by atoms with Crippen molar-refractivity contribution in [2.24, 2.45) is 5.14 Å². The number of hydrogen-bond donors (Lipinski definition) is 2. The third kappa shape index (κ3) is 3.56. The minimum absolute atomic E-state index is 0.125. The first-order chi connectivity index (χ1) is 9.91. The van der Waals surface area contributed by atoms with Gasteiger partial charge in [-0.1, -0.05) is 6.07 Å². The molecule has 110 valence electrons. The zero-order valence-electron chi connectivity index (χ0n) is 11.1. The molecule has 3 N–H and O–H groups in total. The predicted molar refractivity (Wildman–Crippen MR) is 76.6 cm³/mol. The zero-order valence-corrected chi connectivity index (χ0v) is 11.9. The maximum atomic E-state index is 12.0. The van der Waals surface area contributed by atoms with Crippen molar-refractivity contribution in [3.8, 4) is 5.75 Å². The summed E-state index contributed by atoms with van der Waals surface area (Å²) in [5.41, 5.74) is 0.389. The molecule has 0 fully saturated rings. The van der Waals surface area contributed by atoms with Crippen LogP contribution in [0.15, 0.2) is 47.5 Å². The maximum Gasteiger partial charge on any atom is 0.274 e. The van der Waals surface area contributed by atoms with Crippen LogP contribution in [0, 0.1) is 0 Å². The highest BCUT2D eigenvalue weighted by atomic mass is 32.2. The number of nitrogens with one attached hydrogen (secondary N) is 1. The Bertz CT molecular complexity index is 760. The number of carbonyl (C=O) groups excluding carboxylic acids is 1. The Morgan fingerprint density at radius 3 is 2.62 bits per heavy atom. The highest BCUT2D eigenvalue weighted by Crippen LogP contribution is 2.27. The molecule has 1 aromatic carbocycles. The summed E-state index contributed by atoms with van der Waals surface area (Å²) in [6, 6.07) is 8.82. The van der Waals surface area contributed by atoms with Crippen LogP contribution in [0.25, 0.3) is 0 Å². The fraction of sp³-hybridized carbons (Fsp3) is 0.0769. The second kappa shape index (κ2) is 5.90. The second-order valence-corrected chi connectivity index (χ2v) is 5.64. The number of hydrogen-bond acceptors (Lipinski definition) is 5. The maximum absolute atomic E-state index is 12.0. The van der Waals surface area contributed by atoms with Gasteiger partial charge in [0.25, 0.3) is 5.91 Å². The Morgan fingerprint density at radius 2 is 2.05 bits per heavy atom. The van der Waals surface area contributed by atoms with Crippen LogP contribution in [0.4, 0.5) is 5.69 Å². The van der Waals surface area contributed by atoms with Crippen LogP contribution in [0.5, 0.6) is 5.75 Å². The topological polar surface area (TPSA) is 111 Å². The van der Waals surface area contributed by atoms with Gasteiger partial charge in [0, 0.05) is 6.20 Å². The third-order valence-corrected chi connectivity index (χ3v) is 3.56. The van der Waals surface area contributed by atoms with Gasteiger partial charge in [-0.2, -0.15) is 0 Å². The first kappa shape index (κ1) is 14.9. The second-order valence-electron chi connectivity index (χ2n) is 4.08. The number of methoxy groups -OCH3 is 1. The Balaban J connectivity index is 2.36. The number of nitrogens with zero attached hydrogens (tertiary/aromatic N) is 1. The van der Waals surface area contributed by atoms with Gasteiger partial charge >= 0.3 is 0 Å². The number of primary sulfonamides is 1. The molecule has 0 saturated carbocycles. The third-order valence-electron chi connectivity index (χ3n) is 2.65. The van der Waals surface area contributed by atoms with Gasteiger partial charge in [-0.15, -0.1) is 0 Å². The van der Waals surface area contributed by atoms with Gasteiger partial charge in [0.05, 0.1) is 17.7 Å². The van der Waals surface area contributed by atoms with Crippen molar-refractivity contribution < 1.29 is 17.9 Å². The van der Waals surface area contributed by atoms with Crippen molar-refractivity contribution in [1.29, 1.82) is 0 Å². The van der Waals surface area contributed by atoms with Crippen LogP contribution >= 0.6 is 0 Å². The lowest BCUT2D eigenvalue weighted by Crippen LogP contribution is -2.16. The number of rotatable bonds is 4. The molecule has 2 rings (SSSR count). The Labute approximate surface area is 121 Å². The van der Waals surface area contributed by atoms with Gasteiger partial charge in [0.1, 0.15) is 11.4 Å². The van der Waals surface area contributed by atoms with Crippen molar-refractivity contribution in [3.63, 3.8) is 0 Å². The van der Waals surface area contributed by atoms with E-state index in [0.717, 1.165) is 0 Å². The fourth-order valence-corrected chi connectivity index (χ4v) is 2.19. The van der Waals surface area contributed by atoms with E-state index in [2.05, 4.69) is 10.3 Å². The van der Waals surface area contributed by atoms with Gasteiger partial charge in [0.2, 0.25) is 10.0 Å². The number of amides is 1. The highest BCUT2D eigenvalue weighted by molar-refractivity contribution is 7.89. The smallest absolute Gasteiger partial charge is 0.274 e. The molecular formula is C13H13N3O4S. The van der Waals surface area contributed by atoms with Crippen LogP contribution in [-0.4, -0.2) is 26.4 Å². The molecule has 0 saturated heterocycles. The van der Waals surface area contributed by atoms with E-state index in [4.69, 9.17) is 9.88 Å². The first-order valence-electron chi connectivity index (χ1n) is 5.85. The summed E-state index contributed by atoms with van der Waals surface area (Å²) in [5, 5.41) is 7.61. The molecule has 21 heavy (non-hydrogen) atoms. The SMILES string of the molecule is COc1ccc(S(N)(=O)=O)cc1NC(=O)c1ccccn1. The van der Waals surface area contributed by atoms with Crippen molar-refractivity contribution in [1.82, 2.24) is 4.98 Å². The molecule has 8 heteroatoms. The van der Waals surface area contributed by atoms with Crippen molar-refractivity contribution in [2.45, 2.75) is 4.90 Å². The average Bonchev–Trinajstić information content (AvgIpc) is 2.47. The van der Waals surface area contributed by atoms with Crippen molar-refractivity contribution in [2.75, 3.05) is 12.4 Å². The lowest BCUT2D eigenvalue weighted by Gasteiger charge is -2.11. The number of sulfonamides is 1. The van der Waals surface area contributed by atoms with Gasteiger partial charge in [-0.25, -0.2) is 13.6 Å². The van der Waals surface area contributed by atoms with Gasteiger partial charge in [-0.05, 0) is 30.3 Å². The molecule has 2 aromatic rings. The fourth-order valence-electron chi connectivity index (χ4n) is 1.65. The molecule has 0 aliphatic carbocycles. The molecule has 0 aliphatic rings. The van der Waals surface area contributed by atoms with Crippen LogP contribution in [0.2, 0.25) is 0 Å². The van der Waals surface area contributed by atoms with Crippen molar-refractivity contribution >= 4 is 21.6 Å². The molecule has 0 atom stereocenters. The molecule has 0 bridgehead atoms. The molecule has 1 heterocycles. The summed E-state index contributed by atoms with van der Waals surface area (Å²) in [6.45, 7) is 0. The molecule has 0 spiro atoms. The first-order valence-corrected chi connectivity index (χ1v) is 7.39. The summed E-state index contributed by atoms with van der Waals surface area (Å²) in [5.74, 6) is -0.174. The molecule has 1 aromatic heterocycles. The molecule has 0 aliphatic heterocycles. The number of aromatic nitrogens is 1. The highest BCUT2D eigenvalue weighted by Gasteiger charge is 2.15. The van der Waals surface area contributed by atoms with E-state index < -0.39 is 15.9 Å². The van der Waals surface area contributed by atoms with Crippen LogP contribution < -0.4 is 15.2 Å². The van der Waals surface area contributed by atoms with Crippen LogP contribution in [0.3, 0.4) is 0 Å². The summed E-state index contributed by atoms with van der Waals surface area (Å²) >= 11 is 0. The molecule has 7 nitrogen and oxygen atoms in total. The number of carbonyl (C=O) groups is 1. The molecule has 0 radical (unpaired) electrons. The number of ether oxygens (including phenoxy) is 1. The summed E-state index contributed by atoms with van der Waals surface area (Å²) in [6.07, 6.45) is 1.48. The molecule has 0 unspecified atom stereocenters. The quantitative estimate of drug-likeness (QED) is 0.875. The van der Waals surface area contributed by atoms with Gasteiger partial charge in [-0.3, -0.25) is 9.78 Å². The zero-order chi connectivity index (χ0) is 15.5.